The number of rotatable bonds is 5. The lowest BCUT2D eigenvalue weighted by Gasteiger charge is -2.32. The van der Waals surface area contributed by atoms with E-state index in [-0.39, 0.29) is 13.1 Å². The van der Waals surface area contributed by atoms with Gasteiger partial charge < -0.3 is 4.74 Å². The van der Waals surface area contributed by atoms with Gasteiger partial charge in [0.1, 0.15) is 10.6 Å². The third-order valence-corrected chi connectivity index (χ3v) is 6.12. The molecule has 1 aliphatic rings. The summed E-state index contributed by atoms with van der Waals surface area (Å²) in [7, 11) is -7.81. The normalized spacial score (nSPS) is 20.4. The van der Waals surface area contributed by atoms with Crippen LogP contribution in [-0.4, -0.2) is 52.9 Å². The summed E-state index contributed by atoms with van der Waals surface area (Å²) >= 11 is 0. The van der Waals surface area contributed by atoms with E-state index < -0.39 is 43.1 Å². The number of para-hydroxylation sites is 1. The van der Waals surface area contributed by atoms with Gasteiger partial charge in [0.05, 0.1) is 6.26 Å². The Kier molecular flexibility index (Phi) is 5.66. The van der Waals surface area contributed by atoms with Crippen molar-refractivity contribution in [3.8, 4) is 5.75 Å². The van der Waals surface area contributed by atoms with Crippen LogP contribution in [0.5, 0.6) is 5.75 Å². The van der Waals surface area contributed by atoms with Crippen LogP contribution in [0.3, 0.4) is 0 Å². The predicted octanol–water partition coefficient (Wildman–Crippen LogP) is 1.29. The third-order valence-electron chi connectivity index (χ3n) is 3.46. The molecule has 1 heterocycles. The van der Waals surface area contributed by atoms with Crippen LogP contribution >= 0.6 is 0 Å². The van der Waals surface area contributed by atoms with E-state index in [0.717, 1.165) is 22.7 Å². The van der Waals surface area contributed by atoms with Crippen molar-refractivity contribution in [2.24, 2.45) is 0 Å². The SMILES string of the molecule is CS(=O)(=O)NC1CCCN(S(=O)(=O)c2ccccc2OC(F)(F)F)C1. The molecule has 25 heavy (non-hydrogen) atoms. The summed E-state index contributed by atoms with van der Waals surface area (Å²) in [6.45, 7) is -0.0968. The molecule has 0 spiro atoms. The average molecular weight is 402 g/mol. The standard InChI is InChI=1S/C13H17F3N2O5S2/c1-24(19,20)17-10-5-4-8-18(9-10)25(21,22)12-7-3-2-6-11(12)23-13(14,15)16/h2-3,6-7,10,17H,4-5,8-9H2,1H3. The first-order chi connectivity index (χ1) is 11.4. The quantitative estimate of drug-likeness (QED) is 0.801. The van der Waals surface area contributed by atoms with Crippen LogP contribution in [0.2, 0.25) is 0 Å². The van der Waals surface area contributed by atoms with Crippen LogP contribution in [0.1, 0.15) is 12.8 Å². The molecule has 1 aromatic carbocycles. The number of hydrogen-bond donors (Lipinski definition) is 1. The Labute approximate surface area is 143 Å². The Bertz CT molecular complexity index is 824. The lowest BCUT2D eigenvalue weighted by molar-refractivity contribution is -0.275. The van der Waals surface area contributed by atoms with Gasteiger partial charge in [0.2, 0.25) is 20.0 Å². The smallest absolute Gasteiger partial charge is 0.404 e. The van der Waals surface area contributed by atoms with Gasteiger partial charge in [-0.15, -0.1) is 13.2 Å². The highest BCUT2D eigenvalue weighted by Gasteiger charge is 2.37. The second kappa shape index (κ2) is 7.09. The van der Waals surface area contributed by atoms with Crippen molar-refractivity contribution in [3.63, 3.8) is 0 Å². The first kappa shape index (κ1) is 19.9. The maximum Gasteiger partial charge on any atom is 0.573 e. The fourth-order valence-corrected chi connectivity index (χ4v) is 5.01. The molecule has 1 unspecified atom stereocenters. The van der Waals surface area contributed by atoms with Gasteiger partial charge in [-0.2, -0.15) is 4.31 Å². The van der Waals surface area contributed by atoms with Gasteiger partial charge in [0.25, 0.3) is 0 Å². The third kappa shape index (κ3) is 5.56. The summed E-state index contributed by atoms with van der Waals surface area (Å²) in [6.07, 6.45) is -3.28. The van der Waals surface area contributed by atoms with Crippen LogP contribution in [0, 0.1) is 0 Å². The zero-order valence-corrected chi connectivity index (χ0v) is 14.8. The Morgan fingerprint density at radius 2 is 1.84 bits per heavy atom. The van der Waals surface area contributed by atoms with Gasteiger partial charge in [-0.1, -0.05) is 12.1 Å². The molecule has 142 valence electrons. The van der Waals surface area contributed by atoms with Crippen molar-refractivity contribution in [1.29, 1.82) is 0 Å². The molecule has 0 aromatic heterocycles. The molecule has 1 aliphatic heterocycles. The molecule has 0 amide bonds. The molecule has 1 N–H and O–H groups in total. The largest absolute Gasteiger partial charge is 0.573 e. The van der Waals surface area contributed by atoms with Gasteiger partial charge in [0, 0.05) is 19.1 Å². The lowest BCUT2D eigenvalue weighted by Crippen LogP contribution is -2.49. The number of alkyl halides is 3. The minimum absolute atomic E-state index is 0.0740. The Hall–Kier alpha value is -1.37. The number of hydrogen-bond acceptors (Lipinski definition) is 5. The van der Waals surface area contributed by atoms with E-state index in [0.29, 0.717) is 12.8 Å². The molecule has 7 nitrogen and oxygen atoms in total. The summed E-state index contributed by atoms with van der Waals surface area (Å²) < 4.78 is 92.6. The molecule has 0 bridgehead atoms. The monoisotopic (exact) mass is 402 g/mol. The highest BCUT2D eigenvalue weighted by atomic mass is 32.2. The highest BCUT2D eigenvalue weighted by Crippen LogP contribution is 2.32. The number of piperidine rings is 1. The van der Waals surface area contributed by atoms with Crippen molar-refractivity contribution in [2.45, 2.75) is 30.1 Å². The first-order valence-electron chi connectivity index (χ1n) is 7.21. The number of benzene rings is 1. The number of ether oxygens (including phenoxy) is 1. The Balaban J connectivity index is 2.30. The van der Waals surface area contributed by atoms with Crippen molar-refractivity contribution in [2.75, 3.05) is 19.3 Å². The fourth-order valence-electron chi connectivity index (χ4n) is 2.57. The molecule has 0 saturated carbocycles. The minimum atomic E-state index is -5.03. The summed E-state index contributed by atoms with van der Waals surface area (Å²) in [6, 6.07) is 3.80. The number of halogens is 3. The van der Waals surface area contributed by atoms with Crippen LogP contribution in [0.4, 0.5) is 13.2 Å². The molecule has 1 saturated heterocycles. The fraction of sp³-hybridized carbons (Fsp3) is 0.538. The second-order valence-electron chi connectivity index (χ2n) is 5.59. The van der Waals surface area contributed by atoms with Gasteiger partial charge in [-0.05, 0) is 25.0 Å². The molecular formula is C13H17F3N2O5S2. The topological polar surface area (TPSA) is 92.8 Å². The van der Waals surface area contributed by atoms with E-state index in [4.69, 9.17) is 0 Å². The van der Waals surface area contributed by atoms with E-state index in [1.54, 1.807) is 0 Å². The van der Waals surface area contributed by atoms with Crippen LogP contribution in [0.15, 0.2) is 29.2 Å². The van der Waals surface area contributed by atoms with Crippen molar-refractivity contribution in [1.82, 2.24) is 9.03 Å². The number of sulfonamides is 2. The summed E-state index contributed by atoms with van der Waals surface area (Å²) in [4.78, 5) is -0.618. The van der Waals surface area contributed by atoms with E-state index >= 15 is 0 Å². The number of nitrogens with one attached hydrogen (secondary N) is 1. The second-order valence-corrected chi connectivity index (χ2v) is 9.27. The lowest BCUT2D eigenvalue weighted by atomic mass is 10.1. The van der Waals surface area contributed by atoms with Crippen molar-refractivity contribution >= 4 is 20.0 Å². The summed E-state index contributed by atoms with van der Waals surface area (Å²) in [5.74, 6) is -0.826. The maximum atomic E-state index is 12.7. The van der Waals surface area contributed by atoms with Crippen LogP contribution in [-0.2, 0) is 20.0 Å². The van der Waals surface area contributed by atoms with E-state index in [2.05, 4.69) is 9.46 Å². The molecule has 0 radical (unpaired) electrons. The first-order valence-corrected chi connectivity index (χ1v) is 10.5. The Morgan fingerprint density at radius 3 is 2.44 bits per heavy atom. The molecule has 1 atom stereocenters. The van der Waals surface area contributed by atoms with Gasteiger partial charge in [0.15, 0.2) is 0 Å². The van der Waals surface area contributed by atoms with Gasteiger partial charge >= 0.3 is 6.36 Å². The predicted molar refractivity (Wildman–Crippen MR) is 82.9 cm³/mol. The summed E-state index contributed by atoms with van der Waals surface area (Å²) in [5.41, 5.74) is 0. The van der Waals surface area contributed by atoms with Crippen molar-refractivity contribution in [3.05, 3.63) is 24.3 Å². The zero-order chi connectivity index (χ0) is 18.9. The maximum absolute atomic E-state index is 12.7. The molecular weight excluding hydrogens is 385 g/mol. The van der Waals surface area contributed by atoms with Gasteiger partial charge in [-0.25, -0.2) is 21.6 Å². The molecule has 2 rings (SSSR count). The van der Waals surface area contributed by atoms with E-state index in [1.165, 1.54) is 12.1 Å². The van der Waals surface area contributed by atoms with Crippen molar-refractivity contribution < 1.29 is 34.7 Å². The van der Waals surface area contributed by atoms with E-state index in [9.17, 15) is 30.0 Å². The molecule has 0 aliphatic carbocycles. The molecule has 1 fully saturated rings. The van der Waals surface area contributed by atoms with Gasteiger partial charge in [-0.3, -0.25) is 0 Å². The minimum Gasteiger partial charge on any atom is -0.404 e. The number of nitrogens with zero attached hydrogens (tertiary/aromatic N) is 1. The highest BCUT2D eigenvalue weighted by molar-refractivity contribution is 7.89. The van der Waals surface area contributed by atoms with Crippen LogP contribution < -0.4 is 9.46 Å². The molecule has 1 aromatic rings. The molecule has 12 heteroatoms. The zero-order valence-electron chi connectivity index (χ0n) is 13.2. The summed E-state index contributed by atoms with van der Waals surface area (Å²) in [5, 5.41) is 0. The van der Waals surface area contributed by atoms with Crippen LogP contribution in [0.25, 0.3) is 0 Å². The Morgan fingerprint density at radius 1 is 1.20 bits per heavy atom. The van der Waals surface area contributed by atoms with E-state index in [1.807, 2.05) is 0 Å². The average Bonchev–Trinajstić information content (AvgIpc) is 2.44.